The fraction of sp³-hybridized carbons (Fsp3) is 0.286. The van der Waals surface area contributed by atoms with Gasteiger partial charge in [0.25, 0.3) is 0 Å². The van der Waals surface area contributed by atoms with Gasteiger partial charge in [-0.25, -0.2) is 8.42 Å². The maximum absolute atomic E-state index is 12.9. The predicted molar refractivity (Wildman–Crippen MR) is 117 cm³/mol. The van der Waals surface area contributed by atoms with Crippen LogP contribution in [0.1, 0.15) is 6.92 Å². The fourth-order valence-corrected chi connectivity index (χ4v) is 3.96. The van der Waals surface area contributed by atoms with Crippen molar-refractivity contribution in [1.29, 1.82) is 0 Å². The number of nitrogens with one attached hydrogen (secondary N) is 1. The van der Waals surface area contributed by atoms with Crippen LogP contribution in [0.3, 0.4) is 0 Å². The lowest BCUT2D eigenvalue weighted by molar-refractivity contribution is -0.116. The standard InChI is InChI=1S/C21H26N2O6S/c1-6-13-29-17-9-7-16(8-10-17)22-21(24)15(2)23(30(5,25)26)19-14-18(27-3)11-12-20(19)28-4/h6-12,14-15H,1,13H2,2-5H3,(H,22,24)/t15-/m0/s1. The number of methoxy groups -OCH3 is 2. The largest absolute Gasteiger partial charge is 0.497 e. The van der Waals surface area contributed by atoms with Crippen molar-refractivity contribution in [3.63, 3.8) is 0 Å². The summed E-state index contributed by atoms with van der Waals surface area (Å²) in [4.78, 5) is 12.9. The molecule has 0 aliphatic rings. The zero-order valence-electron chi connectivity index (χ0n) is 17.4. The molecule has 30 heavy (non-hydrogen) atoms. The Kier molecular flexibility index (Phi) is 7.71. The van der Waals surface area contributed by atoms with Crippen LogP contribution in [0, 0.1) is 0 Å². The number of ether oxygens (including phenoxy) is 3. The number of hydrogen-bond acceptors (Lipinski definition) is 6. The van der Waals surface area contributed by atoms with Crippen molar-refractivity contribution in [3.05, 3.63) is 55.1 Å². The molecule has 9 heteroatoms. The van der Waals surface area contributed by atoms with Crippen LogP contribution >= 0.6 is 0 Å². The van der Waals surface area contributed by atoms with Crippen LogP contribution in [0.5, 0.6) is 17.2 Å². The molecule has 0 saturated heterocycles. The second-order valence-electron chi connectivity index (χ2n) is 6.39. The second-order valence-corrected chi connectivity index (χ2v) is 8.25. The molecule has 0 bridgehead atoms. The molecule has 2 aromatic carbocycles. The van der Waals surface area contributed by atoms with Crippen LogP contribution in [0.25, 0.3) is 0 Å². The van der Waals surface area contributed by atoms with E-state index in [9.17, 15) is 13.2 Å². The van der Waals surface area contributed by atoms with Gasteiger partial charge >= 0.3 is 0 Å². The number of rotatable bonds is 10. The molecule has 2 aromatic rings. The lowest BCUT2D eigenvalue weighted by atomic mass is 10.2. The lowest BCUT2D eigenvalue weighted by Gasteiger charge is -2.29. The van der Waals surface area contributed by atoms with Gasteiger partial charge in [-0.05, 0) is 43.3 Å². The van der Waals surface area contributed by atoms with Crippen molar-refractivity contribution in [2.24, 2.45) is 0 Å². The number of carbonyl (C=O) groups is 1. The van der Waals surface area contributed by atoms with Crippen molar-refractivity contribution >= 4 is 27.3 Å². The smallest absolute Gasteiger partial charge is 0.247 e. The number of carbonyl (C=O) groups excluding carboxylic acids is 1. The van der Waals surface area contributed by atoms with Crippen LogP contribution in [-0.4, -0.2) is 47.4 Å². The van der Waals surface area contributed by atoms with Gasteiger partial charge in [0.1, 0.15) is 29.9 Å². The first-order chi connectivity index (χ1) is 14.2. The SMILES string of the molecule is C=CCOc1ccc(NC(=O)[C@H](C)N(c2cc(OC)ccc2OC)S(C)(=O)=O)cc1. The Morgan fingerprint density at radius 2 is 1.77 bits per heavy atom. The molecule has 0 aliphatic heterocycles. The molecule has 0 heterocycles. The average molecular weight is 435 g/mol. The third kappa shape index (κ3) is 5.66. The molecule has 2 rings (SSSR count). The highest BCUT2D eigenvalue weighted by Crippen LogP contribution is 2.35. The molecule has 0 aromatic heterocycles. The molecule has 0 aliphatic carbocycles. The monoisotopic (exact) mass is 434 g/mol. The molecule has 0 radical (unpaired) electrons. The minimum atomic E-state index is -3.82. The third-order valence-electron chi connectivity index (χ3n) is 4.20. The Balaban J connectivity index is 2.31. The maximum atomic E-state index is 12.9. The van der Waals surface area contributed by atoms with Crippen molar-refractivity contribution in [2.45, 2.75) is 13.0 Å². The van der Waals surface area contributed by atoms with E-state index in [4.69, 9.17) is 14.2 Å². The van der Waals surface area contributed by atoms with Crippen LogP contribution in [0.2, 0.25) is 0 Å². The summed E-state index contributed by atoms with van der Waals surface area (Å²) >= 11 is 0. The van der Waals surface area contributed by atoms with Crippen LogP contribution in [0.15, 0.2) is 55.1 Å². The normalized spacial score (nSPS) is 11.9. The summed E-state index contributed by atoms with van der Waals surface area (Å²) in [6.45, 7) is 5.45. The molecular weight excluding hydrogens is 408 g/mol. The maximum Gasteiger partial charge on any atom is 0.247 e. The van der Waals surface area contributed by atoms with Gasteiger partial charge in [0.2, 0.25) is 15.9 Å². The summed E-state index contributed by atoms with van der Waals surface area (Å²) in [6, 6.07) is 10.4. The van der Waals surface area contributed by atoms with Crippen molar-refractivity contribution < 1.29 is 27.4 Å². The Morgan fingerprint density at radius 3 is 2.30 bits per heavy atom. The number of amides is 1. The highest BCUT2D eigenvalue weighted by atomic mass is 32.2. The first-order valence-electron chi connectivity index (χ1n) is 9.07. The van der Waals surface area contributed by atoms with E-state index in [2.05, 4.69) is 11.9 Å². The predicted octanol–water partition coefficient (Wildman–Crippen LogP) is 3.06. The summed E-state index contributed by atoms with van der Waals surface area (Å²) < 4.78 is 42.0. The van der Waals surface area contributed by atoms with E-state index >= 15 is 0 Å². The first-order valence-corrected chi connectivity index (χ1v) is 10.9. The molecule has 1 N–H and O–H groups in total. The van der Waals surface area contributed by atoms with Crippen LogP contribution < -0.4 is 23.8 Å². The molecule has 8 nitrogen and oxygen atoms in total. The van der Waals surface area contributed by atoms with E-state index in [1.165, 1.54) is 27.2 Å². The van der Waals surface area contributed by atoms with Crippen LogP contribution in [0.4, 0.5) is 11.4 Å². The molecule has 0 fully saturated rings. The van der Waals surface area contributed by atoms with Gasteiger partial charge in [-0.3, -0.25) is 9.10 Å². The summed E-state index contributed by atoms with van der Waals surface area (Å²) in [5.74, 6) is 0.844. The van der Waals surface area contributed by atoms with Gasteiger partial charge in [-0.15, -0.1) is 0 Å². The van der Waals surface area contributed by atoms with E-state index in [-0.39, 0.29) is 5.69 Å². The fourth-order valence-electron chi connectivity index (χ4n) is 2.79. The first kappa shape index (κ1) is 23.1. The van der Waals surface area contributed by atoms with Gasteiger partial charge in [-0.1, -0.05) is 12.7 Å². The Labute approximate surface area is 177 Å². The minimum absolute atomic E-state index is 0.204. The number of hydrogen-bond donors (Lipinski definition) is 1. The number of nitrogens with zero attached hydrogens (tertiary/aromatic N) is 1. The topological polar surface area (TPSA) is 94.2 Å². The second kappa shape index (κ2) is 10.0. The number of sulfonamides is 1. The van der Waals surface area contributed by atoms with Crippen molar-refractivity contribution in [3.8, 4) is 17.2 Å². The molecule has 0 unspecified atom stereocenters. The molecule has 162 valence electrons. The van der Waals surface area contributed by atoms with Gasteiger partial charge in [0.05, 0.1) is 26.2 Å². The summed E-state index contributed by atoms with van der Waals surface area (Å²) in [5.41, 5.74) is 0.707. The molecule has 1 atom stereocenters. The zero-order valence-corrected chi connectivity index (χ0v) is 18.2. The molecular formula is C21H26N2O6S. The zero-order chi connectivity index (χ0) is 22.3. The van der Waals surface area contributed by atoms with Crippen LogP contribution in [-0.2, 0) is 14.8 Å². The van der Waals surface area contributed by atoms with E-state index in [1.54, 1.807) is 42.5 Å². The Morgan fingerprint density at radius 1 is 1.13 bits per heavy atom. The van der Waals surface area contributed by atoms with Gasteiger partial charge < -0.3 is 19.5 Å². The van der Waals surface area contributed by atoms with Crippen molar-refractivity contribution in [1.82, 2.24) is 0 Å². The minimum Gasteiger partial charge on any atom is -0.497 e. The number of anilines is 2. The molecule has 0 spiro atoms. The summed E-state index contributed by atoms with van der Waals surface area (Å²) in [6.07, 6.45) is 2.66. The highest BCUT2D eigenvalue weighted by molar-refractivity contribution is 7.92. The quantitative estimate of drug-likeness (QED) is 0.578. The average Bonchev–Trinajstić information content (AvgIpc) is 2.72. The van der Waals surface area contributed by atoms with Crippen molar-refractivity contribution in [2.75, 3.05) is 36.7 Å². The lowest BCUT2D eigenvalue weighted by Crippen LogP contribution is -2.45. The summed E-state index contributed by atoms with van der Waals surface area (Å²) in [5, 5.41) is 2.72. The Bertz CT molecular complexity index is 989. The van der Waals surface area contributed by atoms with E-state index in [0.717, 1.165) is 10.6 Å². The molecule has 1 amide bonds. The highest BCUT2D eigenvalue weighted by Gasteiger charge is 2.31. The van der Waals surface area contributed by atoms with Gasteiger partial charge in [-0.2, -0.15) is 0 Å². The third-order valence-corrected chi connectivity index (χ3v) is 5.43. The molecule has 0 saturated carbocycles. The summed E-state index contributed by atoms with van der Waals surface area (Å²) in [7, 11) is -0.931. The van der Waals surface area contributed by atoms with E-state index in [0.29, 0.717) is 29.5 Å². The van der Waals surface area contributed by atoms with E-state index in [1.807, 2.05) is 0 Å². The van der Waals surface area contributed by atoms with Gasteiger partial charge in [0.15, 0.2) is 0 Å². The van der Waals surface area contributed by atoms with Gasteiger partial charge in [0, 0.05) is 11.8 Å². The Hall–Kier alpha value is -3.20. The van der Waals surface area contributed by atoms with E-state index < -0.39 is 22.0 Å². The number of benzene rings is 2.